The molecular weight excluding hydrogens is 316 g/mol. The molecule has 24 heavy (non-hydrogen) atoms. The van der Waals surface area contributed by atoms with Crippen molar-refractivity contribution in [1.29, 1.82) is 0 Å². The van der Waals surface area contributed by atoms with Gasteiger partial charge in [0.1, 0.15) is 0 Å². The number of urea groups is 1. The van der Waals surface area contributed by atoms with Gasteiger partial charge in [-0.15, -0.1) is 0 Å². The monoisotopic (exact) mass is 338 g/mol. The van der Waals surface area contributed by atoms with Gasteiger partial charge in [0.05, 0.1) is 20.6 Å². The normalized spacial score (nSPS) is 11.5. The molecule has 0 heterocycles. The number of carbonyl (C=O) groups excluding carboxylic acids is 3. The summed E-state index contributed by atoms with van der Waals surface area (Å²) >= 11 is 0. The summed E-state index contributed by atoms with van der Waals surface area (Å²) < 4.78 is 15.5. The Morgan fingerprint density at radius 3 is 2.25 bits per heavy atom. The van der Waals surface area contributed by atoms with Crippen molar-refractivity contribution in [3.63, 3.8) is 0 Å². The number of hydrogen-bond donors (Lipinski definition) is 2. The Kier molecular flexibility index (Phi) is 7.03. The summed E-state index contributed by atoms with van der Waals surface area (Å²) in [4.78, 5) is 34.7. The standard InChI is InChI=1S/C16H22N2O6/c1-9(2)14(15(20)18-16(17)21)24-13(19)8-10-5-6-11(22-3)12(7-10)23-4/h5-7,9,14H,8H2,1-4H3,(H3,17,18,20,21)/t14-/m1/s1. The van der Waals surface area contributed by atoms with Gasteiger partial charge in [0.2, 0.25) is 0 Å². The van der Waals surface area contributed by atoms with Crippen LogP contribution in [0.15, 0.2) is 18.2 Å². The fourth-order valence-corrected chi connectivity index (χ4v) is 2.03. The summed E-state index contributed by atoms with van der Waals surface area (Å²) in [6.07, 6.45) is -1.17. The lowest BCUT2D eigenvalue weighted by Crippen LogP contribution is -2.45. The molecule has 1 rings (SSSR count). The second kappa shape index (κ2) is 8.76. The van der Waals surface area contributed by atoms with E-state index in [0.29, 0.717) is 17.1 Å². The fourth-order valence-electron chi connectivity index (χ4n) is 2.03. The summed E-state index contributed by atoms with van der Waals surface area (Å²) in [7, 11) is 3.00. The Morgan fingerprint density at radius 1 is 1.12 bits per heavy atom. The molecule has 8 heteroatoms. The smallest absolute Gasteiger partial charge is 0.318 e. The third kappa shape index (κ3) is 5.45. The predicted molar refractivity (Wildman–Crippen MR) is 85.7 cm³/mol. The van der Waals surface area contributed by atoms with Crippen LogP contribution in [0.4, 0.5) is 4.79 Å². The second-order valence-electron chi connectivity index (χ2n) is 5.37. The first-order valence-corrected chi connectivity index (χ1v) is 7.29. The highest BCUT2D eigenvalue weighted by atomic mass is 16.5. The largest absolute Gasteiger partial charge is 0.493 e. The van der Waals surface area contributed by atoms with E-state index in [1.165, 1.54) is 14.2 Å². The Labute approximate surface area is 140 Å². The summed E-state index contributed by atoms with van der Waals surface area (Å²) in [6, 6.07) is 4.01. The van der Waals surface area contributed by atoms with Crippen LogP contribution in [0.2, 0.25) is 0 Å². The molecule has 0 spiro atoms. The van der Waals surface area contributed by atoms with E-state index in [1.807, 2.05) is 5.32 Å². The molecular formula is C16H22N2O6. The van der Waals surface area contributed by atoms with Crippen molar-refractivity contribution in [2.24, 2.45) is 11.7 Å². The Hall–Kier alpha value is -2.77. The minimum atomic E-state index is -1.11. The van der Waals surface area contributed by atoms with E-state index < -0.39 is 24.0 Å². The van der Waals surface area contributed by atoms with Gasteiger partial charge in [-0.3, -0.25) is 14.9 Å². The second-order valence-corrected chi connectivity index (χ2v) is 5.37. The average Bonchev–Trinajstić information content (AvgIpc) is 2.51. The summed E-state index contributed by atoms with van der Waals surface area (Å²) in [5.41, 5.74) is 5.54. The molecule has 1 atom stereocenters. The maximum Gasteiger partial charge on any atom is 0.318 e. The molecule has 1 aromatic rings. The number of primary amides is 1. The molecule has 0 radical (unpaired) electrons. The van der Waals surface area contributed by atoms with Gasteiger partial charge >= 0.3 is 12.0 Å². The van der Waals surface area contributed by atoms with Crippen LogP contribution in [0.25, 0.3) is 0 Å². The fraction of sp³-hybridized carbons (Fsp3) is 0.438. The maximum absolute atomic E-state index is 12.1. The first-order chi connectivity index (χ1) is 11.3. The van der Waals surface area contributed by atoms with Crippen molar-refractivity contribution in [2.75, 3.05) is 14.2 Å². The minimum Gasteiger partial charge on any atom is -0.493 e. The number of methoxy groups -OCH3 is 2. The van der Waals surface area contributed by atoms with E-state index in [-0.39, 0.29) is 12.3 Å². The van der Waals surface area contributed by atoms with Gasteiger partial charge in [0.15, 0.2) is 17.6 Å². The number of esters is 1. The van der Waals surface area contributed by atoms with Gasteiger partial charge in [-0.2, -0.15) is 0 Å². The molecule has 3 N–H and O–H groups in total. The quantitative estimate of drug-likeness (QED) is 0.717. The highest BCUT2D eigenvalue weighted by Gasteiger charge is 2.27. The minimum absolute atomic E-state index is 0.0621. The van der Waals surface area contributed by atoms with Gasteiger partial charge < -0.3 is 19.9 Å². The van der Waals surface area contributed by atoms with E-state index in [2.05, 4.69) is 0 Å². The molecule has 0 aliphatic carbocycles. The van der Waals surface area contributed by atoms with Crippen LogP contribution in [-0.2, 0) is 20.7 Å². The van der Waals surface area contributed by atoms with Gasteiger partial charge in [0, 0.05) is 0 Å². The van der Waals surface area contributed by atoms with E-state index >= 15 is 0 Å². The third-order valence-electron chi connectivity index (χ3n) is 3.17. The van der Waals surface area contributed by atoms with E-state index in [4.69, 9.17) is 19.9 Å². The average molecular weight is 338 g/mol. The van der Waals surface area contributed by atoms with Gasteiger partial charge in [-0.1, -0.05) is 19.9 Å². The van der Waals surface area contributed by atoms with Crippen molar-refractivity contribution in [1.82, 2.24) is 5.32 Å². The summed E-state index contributed by atoms with van der Waals surface area (Å²) in [6.45, 7) is 3.38. The number of rotatable bonds is 7. The Bertz CT molecular complexity index is 615. The Balaban J connectivity index is 2.79. The molecule has 1 aromatic carbocycles. The van der Waals surface area contributed by atoms with Crippen molar-refractivity contribution in [3.8, 4) is 11.5 Å². The highest BCUT2D eigenvalue weighted by molar-refractivity contribution is 5.96. The van der Waals surface area contributed by atoms with Crippen LogP contribution >= 0.6 is 0 Å². The van der Waals surface area contributed by atoms with Crippen molar-refractivity contribution >= 4 is 17.9 Å². The molecule has 0 aliphatic heterocycles. The molecule has 0 bridgehead atoms. The number of hydrogen-bond acceptors (Lipinski definition) is 6. The van der Waals surface area contributed by atoms with Crippen LogP contribution in [0.3, 0.4) is 0 Å². The molecule has 132 valence electrons. The van der Waals surface area contributed by atoms with Crippen LogP contribution in [-0.4, -0.2) is 38.2 Å². The van der Waals surface area contributed by atoms with Gasteiger partial charge in [-0.25, -0.2) is 4.79 Å². The predicted octanol–water partition coefficient (Wildman–Crippen LogP) is 1.01. The SMILES string of the molecule is COc1ccc(CC(=O)O[C@@H](C(=O)NC(N)=O)C(C)C)cc1OC. The third-order valence-corrected chi connectivity index (χ3v) is 3.17. The lowest BCUT2D eigenvalue weighted by Gasteiger charge is -2.20. The van der Waals surface area contributed by atoms with Crippen molar-refractivity contribution in [3.05, 3.63) is 23.8 Å². The first kappa shape index (κ1) is 19.3. The number of amides is 3. The first-order valence-electron chi connectivity index (χ1n) is 7.29. The zero-order valence-electron chi connectivity index (χ0n) is 14.1. The Morgan fingerprint density at radius 2 is 1.75 bits per heavy atom. The number of nitrogens with two attached hydrogens (primary N) is 1. The van der Waals surface area contributed by atoms with E-state index in [9.17, 15) is 14.4 Å². The van der Waals surface area contributed by atoms with Gasteiger partial charge in [0.25, 0.3) is 5.91 Å². The topological polar surface area (TPSA) is 117 Å². The maximum atomic E-state index is 12.1. The van der Waals surface area contributed by atoms with E-state index in [1.54, 1.807) is 32.0 Å². The molecule has 0 fully saturated rings. The molecule has 0 unspecified atom stereocenters. The van der Waals surface area contributed by atoms with Crippen molar-refractivity contribution in [2.45, 2.75) is 26.4 Å². The molecule has 0 saturated carbocycles. The highest BCUT2D eigenvalue weighted by Crippen LogP contribution is 2.27. The molecule has 0 saturated heterocycles. The lowest BCUT2D eigenvalue weighted by atomic mass is 10.1. The molecule has 0 aromatic heterocycles. The van der Waals surface area contributed by atoms with Crippen LogP contribution in [0.5, 0.6) is 11.5 Å². The van der Waals surface area contributed by atoms with Crippen molar-refractivity contribution < 1.29 is 28.6 Å². The summed E-state index contributed by atoms with van der Waals surface area (Å²) in [5, 5.41) is 1.91. The van der Waals surface area contributed by atoms with Crippen LogP contribution < -0.4 is 20.5 Å². The number of benzene rings is 1. The number of imide groups is 1. The zero-order valence-corrected chi connectivity index (χ0v) is 14.1. The number of carbonyl (C=O) groups is 3. The van der Waals surface area contributed by atoms with Crippen LogP contribution in [0, 0.1) is 5.92 Å². The molecule has 3 amide bonds. The zero-order chi connectivity index (χ0) is 18.3. The molecule has 0 aliphatic rings. The lowest BCUT2D eigenvalue weighted by molar-refractivity contribution is -0.157. The van der Waals surface area contributed by atoms with Crippen LogP contribution in [0.1, 0.15) is 19.4 Å². The number of ether oxygens (including phenoxy) is 3. The summed E-state index contributed by atoms with van der Waals surface area (Å²) in [5.74, 6) is -0.664. The van der Waals surface area contributed by atoms with E-state index in [0.717, 1.165) is 0 Å². The van der Waals surface area contributed by atoms with Gasteiger partial charge in [-0.05, 0) is 23.6 Å². The molecule has 8 nitrogen and oxygen atoms in total. The number of nitrogens with one attached hydrogen (secondary N) is 1.